The molecule has 0 N–H and O–H groups in total. The Morgan fingerprint density at radius 1 is 0.377 bits per heavy atom. The Morgan fingerprint density at radius 3 is 1.84 bits per heavy atom. The summed E-state index contributed by atoms with van der Waals surface area (Å²) in [6, 6.07) is 64.7. The second-order valence-electron chi connectivity index (χ2n) is 15.8. The molecule has 9 aromatic carbocycles. The largest absolute Gasteiger partial charge is 0.456 e. The second-order valence-corrected chi connectivity index (χ2v) is 15.8. The first kappa shape index (κ1) is 35.0. The summed E-state index contributed by atoms with van der Waals surface area (Å²) < 4.78 is 6.70. The molecule has 0 radical (unpaired) electrons. The van der Waals surface area contributed by atoms with Gasteiger partial charge in [0, 0.05) is 21.9 Å². The summed E-state index contributed by atoms with van der Waals surface area (Å²) in [4.78, 5) is 15.5. The summed E-state index contributed by atoms with van der Waals surface area (Å²) in [5.74, 6) is 2.05. The maximum atomic E-state index is 6.70. The lowest BCUT2D eigenvalue weighted by molar-refractivity contribution is 0.669. The van der Waals surface area contributed by atoms with E-state index in [1.54, 1.807) is 0 Å². The summed E-state index contributed by atoms with van der Waals surface area (Å²) in [7, 11) is 0. The predicted octanol–water partition coefficient (Wildman–Crippen LogP) is 15.3. The number of hydrogen-bond acceptors (Lipinski definition) is 4. The van der Waals surface area contributed by atoms with Crippen LogP contribution in [-0.2, 0) is 0 Å². The van der Waals surface area contributed by atoms with Gasteiger partial charge >= 0.3 is 0 Å². The molecular weight excluding hydrogens is 743 g/mol. The fourth-order valence-corrected chi connectivity index (χ4v) is 9.26. The lowest BCUT2D eigenvalue weighted by Gasteiger charge is -2.14. The van der Waals surface area contributed by atoms with E-state index in [0.717, 1.165) is 90.2 Å². The van der Waals surface area contributed by atoms with Gasteiger partial charge in [0.25, 0.3) is 0 Å². The molecular formula is C57H37N3O. The Balaban J connectivity index is 0.990. The van der Waals surface area contributed by atoms with Crippen molar-refractivity contribution in [1.82, 2.24) is 15.0 Å². The number of furan rings is 1. The molecule has 0 atom stereocenters. The molecule has 2 heterocycles. The number of nitrogens with zero attached hydrogens (tertiary/aromatic N) is 3. The molecule has 1 aliphatic rings. The minimum Gasteiger partial charge on any atom is -0.456 e. The number of benzene rings is 9. The zero-order valence-corrected chi connectivity index (χ0v) is 33.2. The van der Waals surface area contributed by atoms with Crippen LogP contribution in [0.15, 0.2) is 205 Å². The third kappa shape index (κ3) is 6.03. The van der Waals surface area contributed by atoms with Crippen LogP contribution in [0.25, 0.3) is 116 Å². The minimum atomic E-state index is 0.662. The monoisotopic (exact) mass is 779 g/mol. The standard InChI is InChI=1S/C57H37N3O/c1-3-15-37(16-4-1)42-32-33-43(45-21-10-9-20-44(42)45)40-30-31-51-53(35-40)61-52-27-13-25-49(54(51)52)47-23-11-24-48-46(47)22-12-26-50(48)57-59-55(38-17-5-2-6-18-38)58-56(60-57)41-29-28-36-14-7-8-19-39(36)34-41/h1-5,7-17,19-35H,6,18H2. The molecule has 0 aliphatic heterocycles. The molecule has 0 saturated heterocycles. The average Bonchev–Trinajstić information content (AvgIpc) is 3.72. The molecule has 61 heavy (non-hydrogen) atoms. The van der Waals surface area contributed by atoms with Crippen molar-refractivity contribution in [3.05, 3.63) is 206 Å². The molecule has 0 saturated carbocycles. The summed E-state index contributed by atoms with van der Waals surface area (Å²) in [6.45, 7) is 0. The van der Waals surface area contributed by atoms with E-state index in [9.17, 15) is 0 Å². The summed E-state index contributed by atoms with van der Waals surface area (Å²) in [6.07, 6.45) is 8.28. The van der Waals surface area contributed by atoms with Gasteiger partial charge in [0.05, 0.1) is 0 Å². The first-order valence-electron chi connectivity index (χ1n) is 20.9. The number of hydrogen-bond donors (Lipinski definition) is 0. The Morgan fingerprint density at radius 2 is 1.02 bits per heavy atom. The zero-order valence-electron chi connectivity index (χ0n) is 33.2. The highest BCUT2D eigenvalue weighted by Crippen LogP contribution is 2.43. The molecule has 12 rings (SSSR count). The van der Waals surface area contributed by atoms with Crippen LogP contribution in [0.5, 0.6) is 0 Å². The van der Waals surface area contributed by atoms with Gasteiger partial charge in [0.2, 0.25) is 0 Å². The normalized spacial score (nSPS) is 12.8. The number of fused-ring (bicyclic) bond motifs is 6. The van der Waals surface area contributed by atoms with Gasteiger partial charge in [-0.3, -0.25) is 0 Å². The van der Waals surface area contributed by atoms with E-state index in [-0.39, 0.29) is 0 Å². The highest BCUT2D eigenvalue weighted by atomic mass is 16.3. The fourth-order valence-electron chi connectivity index (χ4n) is 9.26. The van der Waals surface area contributed by atoms with Gasteiger partial charge in [0.15, 0.2) is 17.5 Å². The van der Waals surface area contributed by atoms with Crippen LogP contribution < -0.4 is 0 Å². The Hall–Kier alpha value is -7.95. The van der Waals surface area contributed by atoms with Crippen molar-refractivity contribution in [2.24, 2.45) is 0 Å². The molecule has 0 amide bonds. The zero-order chi connectivity index (χ0) is 40.3. The SMILES string of the molecule is C1=CCCC(c2nc(-c3ccc4ccccc4c3)nc(-c3cccc4c(-c5cccc6oc7cc(-c8ccc(-c9ccccc9)c9ccccc89)ccc7c56)cccc34)n2)=C1. The molecule has 11 aromatic rings. The van der Waals surface area contributed by atoms with Gasteiger partial charge in [-0.1, -0.05) is 176 Å². The van der Waals surface area contributed by atoms with Crippen LogP contribution in [0.1, 0.15) is 18.7 Å². The average molecular weight is 780 g/mol. The number of aromatic nitrogens is 3. The van der Waals surface area contributed by atoms with Crippen LogP contribution in [0.2, 0.25) is 0 Å². The van der Waals surface area contributed by atoms with E-state index in [0.29, 0.717) is 11.6 Å². The topological polar surface area (TPSA) is 51.8 Å². The molecule has 0 fully saturated rings. The van der Waals surface area contributed by atoms with Crippen molar-refractivity contribution >= 4 is 59.8 Å². The summed E-state index contributed by atoms with van der Waals surface area (Å²) >= 11 is 0. The Bertz CT molecular complexity index is 3600. The van der Waals surface area contributed by atoms with Crippen molar-refractivity contribution < 1.29 is 4.42 Å². The smallest absolute Gasteiger partial charge is 0.164 e. The third-order valence-corrected chi connectivity index (χ3v) is 12.2. The van der Waals surface area contributed by atoms with Gasteiger partial charge in [0.1, 0.15) is 11.2 Å². The molecule has 2 aromatic heterocycles. The minimum absolute atomic E-state index is 0.662. The highest BCUT2D eigenvalue weighted by Gasteiger charge is 2.20. The van der Waals surface area contributed by atoms with Crippen molar-refractivity contribution in [3.8, 4) is 56.2 Å². The lowest BCUT2D eigenvalue weighted by atomic mass is 9.91. The maximum Gasteiger partial charge on any atom is 0.164 e. The van der Waals surface area contributed by atoms with Crippen LogP contribution in [0.4, 0.5) is 0 Å². The quantitative estimate of drug-likeness (QED) is 0.169. The van der Waals surface area contributed by atoms with Gasteiger partial charge in [-0.2, -0.15) is 0 Å². The van der Waals surface area contributed by atoms with Crippen molar-refractivity contribution in [2.75, 3.05) is 0 Å². The van der Waals surface area contributed by atoms with E-state index >= 15 is 0 Å². The first-order chi connectivity index (χ1) is 30.2. The third-order valence-electron chi connectivity index (χ3n) is 12.2. The Kier molecular flexibility index (Phi) is 8.27. The van der Waals surface area contributed by atoms with E-state index < -0.39 is 0 Å². The predicted molar refractivity (Wildman–Crippen MR) is 253 cm³/mol. The highest BCUT2D eigenvalue weighted by molar-refractivity contribution is 6.17. The van der Waals surface area contributed by atoms with Crippen LogP contribution >= 0.6 is 0 Å². The number of allylic oxidation sites excluding steroid dienone is 4. The summed E-state index contributed by atoms with van der Waals surface area (Å²) in [5.41, 5.74) is 11.8. The van der Waals surface area contributed by atoms with E-state index in [1.807, 2.05) is 0 Å². The molecule has 0 spiro atoms. The van der Waals surface area contributed by atoms with Crippen LogP contribution in [0.3, 0.4) is 0 Å². The van der Waals surface area contributed by atoms with Crippen molar-refractivity contribution in [3.63, 3.8) is 0 Å². The van der Waals surface area contributed by atoms with E-state index in [1.165, 1.54) is 32.8 Å². The molecule has 0 unspecified atom stereocenters. The first-order valence-corrected chi connectivity index (χ1v) is 20.9. The molecule has 1 aliphatic carbocycles. The second kappa shape index (κ2) is 14.4. The molecule has 4 nitrogen and oxygen atoms in total. The molecule has 286 valence electrons. The molecule has 4 heteroatoms. The van der Waals surface area contributed by atoms with Crippen LogP contribution in [0, 0.1) is 0 Å². The maximum absolute atomic E-state index is 6.70. The van der Waals surface area contributed by atoms with E-state index in [4.69, 9.17) is 19.4 Å². The van der Waals surface area contributed by atoms with Crippen molar-refractivity contribution in [1.29, 1.82) is 0 Å². The Labute approximate surface area is 352 Å². The lowest BCUT2D eigenvalue weighted by Crippen LogP contribution is -2.04. The molecule has 0 bridgehead atoms. The van der Waals surface area contributed by atoms with Gasteiger partial charge < -0.3 is 4.42 Å². The van der Waals surface area contributed by atoms with Crippen molar-refractivity contribution in [2.45, 2.75) is 12.8 Å². The van der Waals surface area contributed by atoms with Crippen LogP contribution in [-0.4, -0.2) is 15.0 Å². The van der Waals surface area contributed by atoms with Gasteiger partial charge in [-0.05, 0) is 108 Å². The fraction of sp³-hybridized carbons (Fsp3) is 0.0351. The van der Waals surface area contributed by atoms with Gasteiger partial charge in [-0.15, -0.1) is 0 Å². The summed E-state index contributed by atoms with van der Waals surface area (Å²) in [5, 5.41) is 9.18. The number of rotatable bonds is 6. The van der Waals surface area contributed by atoms with E-state index in [2.05, 4.69) is 200 Å². The van der Waals surface area contributed by atoms with Gasteiger partial charge in [-0.25, -0.2) is 15.0 Å².